The van der Waals surface area contributed by atoms with Gasteiger partial charge in [0, 0.05) is 0 Å². The zero-order valence-electron chi connectivity index (χ0n) is 9.60. The second kappa shape index (κ2) is 2.96. The van der Waals surface area contributed by atoms with Crippen molar-refractivity contribution in [1.29, 1.82) is 5.26 Å². The molecule has 0 amide bonds. The van der Waals surface area contributed by atoms with E-state index < -0.39 is 11.6 Å². The smallest absolute Gasteiger partial charge is 0.195 e. The van der Waals surface area contributed by atoms with Crippen LogP contribution in [-0.2, 0) is 18.9 Å². The molecule has 0 N–H and O–H groups in total. The third-order valence-electron chi connectivity index (χ3n) is 3.38. The average molecular weight is 225 g/mol. The highest BCUT2D eigenvalue weighted by molar-refractivity contribution is 5.09. The Bertz CT molecular complexity index is 363. The molecular formula is C11H15NO4. The van der Waals surface area contributed by atoms with Gasteiger partial charge in [-0.15, -0.1) is 0 Å². The molecule has 3 aliphatic heterocycles. The molecule has 3 rings (SSSR count). The lowest BCUT2D eigenvalue weighted by Crippen LogP contribution is -2.48. The largest absolute Gasteiger partial charge is 0.342 e. The van der Waals surface area contributed by atoms with Crippen molar-refractivity contribution >= 4 is 0 Å². The zero-order chi connectivity index (χ0) is 11.6. The first-order valence-corrected chi connectivity index (χ1v) is 5.53. The molecule has 88 valence electrons. The number of ether oxygens (including phenoxy) is 4. The minimum atomic E-state index is -0.759. The molecule has 0 aromatic heterocycles. The lowest BCUT2D eigenvalue weighted by atomic mass is 9.97. The van der Waals surface area contributed by atoms with Crippen molar-refractivity contribution < 1.29 is 18.9 Å². The van der Waals surface area contributed by atoms with E-state index in [0.717, 1.165) is 0 Å². The van der Waals surface area contributed by atoms with Gasteiger partial charge in [0.1, 0.15) is 24.4 Å². The van der Waals surface area contributed by atoms with Gasteiger partial charge in [0.05, 0.1) is 12.5 Å². The highest BCUT2D eigenvalue weighted by Gasteiger charge is 2.68. The summed E-state index contributed by atoms with van der Waals surface area (Å²) in [7, 11) is 0. The average Bonchev–Trinajstić information content (AvgIpc) is 2.72. The maximum absolute atomic E-state index is 8.72. The van der Waals surface area contributed by atoms with E-state index in [-0.39, 0.29) is 24.4 Å². The van der Waals surface area contributed by atoms with E-state index in [4.69, 9.17) is 24.2 Å². The Hall–Kier alpha value is -0.670. The molecule has 0 aromatic carbocycles. The molecule has 5 unspecified atom stereocenters. The number of hydrogen-bond acceptors (Lipinski definition) is 5. The van der Waals surface area contributed by atoms with Crippen LogP contribution in [0, 0.1) is 11.3 Å². The van der Waals surface area contributed by atoms with Crippen LogP contribution in [0.3, 0.4) is 0 Å². The van der Waals surface area contributed by atoms with Crippen LogP contribution < -0.4 is 0 Å². The van der Waals surface area contributed by atoms with E-state index in [1.165, 1.54) is 0 Å². The summed E-state index contributed by atoms with van der Waals surface area (Å²) in [5.74, 6) is -1.35. The van der Waals surface area contributed by atoms with E-state index in [0.29, 0.717) is 6.42 Å². The number of hydrogen-bond donors (Lipinski definition) is 0. The Labute approximate surface area is 94.2 Å². The van der Waals surface area contributed by atoms with Gasteiger partial charge in [-0.3, -0.25) is 0 Å². The summed E-state index contributed by atoms with van der Waals surface area (Å²) in [6.45, 7) is 5.62. The van der Waals surface area contributed by atoms with E-state index in [1.807, 2.05) is 20.8 Å². The molecular weight excluding hydrogens is 210 g/mol. The van der Waals surface area contributed by atoms with E-state index in [2.05, 4.69) is 6.07 Å². The number of rotatable bonds is 1. The first-order valence-electron chi connectivity index (χ1n) is 5.53. The van der Waals surface area contributed by atoms with Gasteiger partial charge in [0.25, 0.3) is 0 Å². The first kappa shape index (κ1) is 10.5. The summed E-state index contributed by atoms with van der Waals surface area (Å²) >= 11 is 0. The molecule has 0 aliphatic carbocycles. The topological polar surface area (TPSA) is 60.7 Å². The molecule has 2 bridgehead atoms. The number of nitriles is 1. The molecule has 0 aromatic rings. The van der Waals surface area contributed by atoms with Gasteiger partial charge < -0.3 is 18.9 Å². The standard InChI is InChI=1S/C11H15NO4/c1-10(2)14-8-7-6(4-5-12)13-11(3,15-7)9(8)16-10/h6-9H,4H2,1-3H3. The van der Waals surface area contributed by atoms with Gasteiger partial charge in [-0.1, -0.05) is 0 Å². The third kappa shape index (κ3) is 1.25. The predicted molar refractivity (Wildman–Crippen MR) is 52.2 cm³/mol. The van der Waals surface area contributed by atoms with Crippen molar-refractivity contribution in [1.82, 2.24) is 0 Å². The van der Waals surface area contributed by atoms with Crippen LogP contribution in [0.4, 0.5) is 0 Å². The predicted octanol–water partition coefficient (Wildman–Crippen LogP) is 0.934. The Morgan fingerprint density at radius 2 is 1.81 bits per heavy atom. The maximum atomic E-state index is 8.72. The Kier molecular flexibility index (Phi) is 1.94. The van der Waals surface area contributed by atoms with Crippen LogP contribution in [0.25, 0.3) is 0 Å². The Balaban J connectivity index is 1.87. The van der Waals surface area contributed by atoms with Gasteiger partial charge in [-0.2, -0.15) is 5.26 Å². The maximum Gasteiger partial charge on any atom is 0.195 e. The summed E-state index contributed by atoms with van der Waals surface area (Å²) < 4.78 is 23.1. The molecule has 0 saturated carbocycles. The molecule has 3 aliphatic rings. The van der Waals surface area contributed by atoms with Crippen LogP contribution >= 0.6 is 0 Å². The molecule has 16 heavy (non-hydrogen) atoms. The van der Waals surface area contributed by atoms with Gasteiger partial charge in [-0.25, -0.2) is 0 Å². The quantitative estimate of drug-likeness (QED) is 0.664. The Morgan fingerprint density at radius 1 is 1.06 bits per heavy atom. The number of nitrogens with zero attached hydrogens (tertiary/aromatic N) is 1. The van der Waals surface area contributed by atoms with Crippen molar-refractivity contribution in [3.8, 4) is 6.07 Å². The van der Waals surface area contributed by atoms with Crippen molar-refractivity contribution in [2.75, 3.05) is 0 Å². The van der Waals surface area contributed by atoms with E-state index in [9.17, 15) is 0 Å². The van der Waals surface area contributed by atoms with Crippen molar-refractivity contribution in [3.05, 3.63) is 0 Å². The fraction of sp³-hybridized carbons (Fsp3) is 0.909. The summed E-state index contributed by atoms with van der Waals surface area (Å²) in [6, 6.07) is 2.11. The summed E-state index contributed by atoms with van der Waals surface area (Å²) in [4.78, 5) is 0. The van der Waals surface area contributed by atoms with Crippen LogP contribution in [0.15, 0.2) is 0 Å². The third-order valence-corrected chi connectivity index (χ3v) is 3.38. The molecule has 3 heterocycles. The van der Waals surface area contributed by atoms with Crippen LogP contribution in [-0.4, -0.2) is 36.0 Å². The van der Waals surface area contributed by atoms with Crippen LogP contribution in [0.1, 0.15) is 27.2 Å². The minimum absolute atomic E-state index is 0.118. The van der Waals surface area contributed by atoms with Gasteiger partial charge in [0.15, 0.2) is 11.6 Å². The van der Waals surface area contributed by atoms with Crippen molar-refractivity contribution in [2.45, 2.75) is 63.2 Å². The SMILES string of the molecule is CC1(C)OC2C3OC(C)(OC3CC#N)C2O1. The van der Waals surface area contributed by atoms with Gasteiger partial charge in [-0.05, 0) is 20.8 Å². The van der Waals surface area contributed by atoms with Crippen LogP contribution in [0.5, 0.6) is 0 Å². The fourth-order valence-electron chi connectivity index (χ4n) is 2.84. The zero-order valence-corrected chi connectivity index (χ0v) is 9.60. The molecule has 5 nitrogen and oxygen atoms in total. The summed E-state index contributed by atoms with van der Waals surface area (Å²) in [6.07, 6.45) is -0.368. The van der Waals surface area contributed by atoms with Crippen molar-refractivity contribution in [3.63, 3.8) is 0 Å². The van der Waals surface area contributed by atoms with Gasteiger partial charge >= 0.3 is 0 Å². The highest BCUT2D eigenvalue weighted by atomic mass is 16.8. The fourth-order valence-corrected chi connectivity index (χ4v) is 2.84. The van der Waals surface area contributed by atoms with Crippen LogP contribution in [0.2, 0.25) is 0 Å². The lowest BCUT2D eigenvalue weighted by molar-refractivity contribution is -0.236. The highest BCUT2D eigenvalue weighted by Crippen LogP contribution is 2.51. The first-order chi connectivity index (χ1) is 7.45. The molecule has 0 spiro atoms. The molecule has 0 radical (unpaired) electrons. The summed E-state index contributed by atoms with van der Waals surface area (Å²) in [5, 5.41) is 8.72. The Morgan fingerprint density at radius 3 is 2.50 bits per heavy atom. The van der Waals surface area contributed by atoms with E-state index in [1.54, 1.807) is 0 Å². The van der Waals surface area contributed by atoms with E-state index >= 15 is 0 Å². The summed E-state index contributed by atoms with van der Waals surface area (Å²) in [5.41, 5.74) is 0. The monoisotopic (exact) mass is 225 g/mol. The normalized spacial score (nSPS) is 52.6. The number of fused-ring (bicyclic) bond motifs is 5. The van der Waals surface area contributed by atoms with Gasteiger partial charge in [0.2, 0.25) is 0 Å². The second-order valence-corrected chi connectivity index (χ2v) is 5.14. The minimum Gasteiger partial charge on any atom is -0.342 e. The molecule has 5 heteroatoms. The second-order valence-electron chi connectivity index (χ2n) is 5.14. The lowest BCUT2D eigenvalue weighted by Gasteiger charge is -2.30. The van der Waals surface area contributed by atoms with Crippen molar-refractivity contribution in [2.24, 2.45) is 0 Å². The molecule has 5 atom stereocenters. The molecule has 3 saturated heterocycles. The molecule has 3 fully saturated rings.